The summed E-state index contributed by atoms with van der Waals surface area (Å²) in [5.74, 6) is 6.16. The summed E-state index contributed by atoms with van der Waals surface area (Å²) in [5.41, 5.74) is 4.34. The Labute approximate surface area is 206 Å². The zero-order chi connectivity index (χ0) is 23.9. The average Bonchev–Trinajstić information content (AvgIpc) is 3.58. The number of benzene rings is 2. The average molecular weight is 466 g/mol. The Bertz CT molecular complexity index is 1260. The maximum atomic E-state index is 5.54. The van der Waals surface area contributed by atoms with E-state index in [1.54, 1.807) is 0 Å². The molecular weight excluding hydrogens is 434 g/mol. The molecule has 0 radical (unpaired) electrons. The molecular formula is C28H31N7. The van der Waals surface area contributed by atoms with Gasteiger partial charge in [0.1, 0.15) is 5.82 Å². The van der Waals surface area contributed by atoms with Gasteiger partial charge in [0.2, 0.25) is 0 Å². The normalized spacial score (nSPS) is 14.1. The molecule has 1 aliphatic rings. The van der Waals surface area contributed by atoms with E-state index in [9.17, 15) is 0 Å². The highest BCUT2D eigenvalue weighted by molar-refractivity contribution is 5.80. The smallest absolute Gasteiger partial charge is 0.180 e. The summed E-state index contributed by atoms with van der Waals surface area (Å²) in [4.78, 5) is 4.87. The monoisotopic (exact) mass is 465 g/mol. The number of H-pyrrole nitrogens is 1. The van der Waals surface area contributed by atoms with E-state index in [-0.39, 0.29) is 0 Å². The van der Waals surface area contributed by atoms with Crippen LogP contribution in [-0.4, -0.2) is 35.4 Å². The first-order chi connectivity index (χ1) is 17.3. The van der Waals surface area contributed by atoms with Crippen molar-refractivity contribution in [3.8, 4) is 34.9 Å². The topological polar surface area (TPSA) is 85.2 Å². The zero-order valence-electron chi connectivity index (χ0n) is 20.0. The maximum absolute atomic E-state index is 5.54. The van der Waals surface area contributed by atoms with Crippen molar-refractivity contribution >= 4 is 0 Å². The van der Waals surface area contributed by atoms with Crippen LogP contribution < -0.4 is 0 Å². The van der Waals surface area contributed by atoms with E-state index in [4.69, 9.17) is 16.5 Å². The molecule has 7 nitrogen and oxygen atoms in total. The van der Waals surface area contributed by atoms with E-state index in [1.165, 1.54) is 44.1 Å². The number of aromatic nitrogens is 7. The molecule has 1 saturated carbocycles. The Kier molecular flexibility index (Phi) is 7.28. The van der Waals surface area contributed by atoms with Crippen molar-refractivity contribution in [2.24, 2.45) is 5.92 Å². The summed E-state index contributed by atoms with van der Waals surface area (Å²) in [6, 6.07) is 16.7. The molecule has 178 valence electrons. The number of rotatable bonds is 9. The number of aryl methyl sites for hydroxylation is 2. The van der Waals surface area contributed by atoms with Crippen LogP contribution in [0.2, 0.25) is 0 Å². The molecule has 0 atom stereocenters. The lowest BCUT2D eigenvalue weighted by atomic mass is 9.86. The third-order valence-electron chi connectivity index (χ3n) is 6.91. The molecule has 1 N–H and O–H groups in total. The Morgan fingerprint density at radius 3 is 2.51 bits per heavy atom. The van der Waals surface area contributed by atoms with Crippen molar-refractivity contribution in [1.29, 1.82) is 0 Å². The summed E-state index contributed by atoms with van der Waals surface area (Å²) >= 11 is 0. The van der Waals surface area contributed by atoms with Gasteiger partial charge in [-0.1, -0.05) is 80.6 Å². The molecule has 0 saturated heterocycles. The lowest BCUT2D eigenvalue weighted by Crippen LogP contribution is -2.08. The fourth-order valence-corrected chi connectivity index (χ4v) is 5.01. The third kappa shape index (κ3) is 5.65. The van der Waals surface area contributed by atoms with E-state index in [1.807, 2.05) is 22.9 Å². The van der Waals surface area contributed by atoms with Crippen LogP contribution in [0.5, 0.6) is 0 Å². The highest BCUT2D eigenvalue weighted by Crippen LogP contribution is 2.30. The first-order valence-corrected chi connectivity index (χ1v) is 12.6. The zero-order valence-corrected chi connectivity index (χ0v) is 20.0. The molecule has 0 spiro atoms. The Morgan fingerprint density at radius 1 is 0.971 bits per heavy atom. The predicted molar refractivity (Wildman–Crippen MR) is 136 cm³/mol. The van der Waals surface area contributed by atoms with Crippen LogP contribution in [0.25, 0.3) is 22.5 Å². The molecule has 2 heterocycles. The van der Waals surface area contributed by atoms with Crippen LogP contribution >= 0.6 is 0 Å². The standard InChI is InChI=1S/C28H31N7/c1-2-3-13-27-29-26(19-16-21-9-5-4-6-10-21)32-35(27)20-22-14-17-23(18-15-22)24-11-7-8-12-25(24)28-30-33-34-31-28/h1,7-8,11-12,14-15,17-18,21H,3-6,9-10,13,16,19-20H2,(H,30,31,33,34). The highest BCUT2D eigenvalue weighted by atomic mass is 15.5. The van der Waals surface area contributed by atoms with E-state index in [0.29, 0.717) is 18.8 Å². The van der Waals surface area contributed by atoms with Crippen LogP contribution in [0.15, 0.2) is 48.5 Å². The van der Waals surface area contributed by atoms with Gasteiger partial charge in [-0.25, -0.2) is 14.8 Å². The summed E-state index contributed by atoms with van der Waals surface area (Å²) in [5, 5.41) is 19.3. The van der Waals surface area contributed by atoms with E-state index in [2.05, 4.69) is 56.9 Å². The number of tetrazole rings is 1. The number of nitrogens with zero attached hydrogens (tertiary/aromatic N) is 6. The minimum atomic E-state index is 0.659. The summed E-state index contributed by atoms with van der Waals surface area (Å²) in [6.45, 7) is 0.685. The minimum Gasteiger partial charge on any atom is -0.245 e. The molecule has 2 aromatic carbocycles. The molecule has 7 heteroatoms. The lowest BCUT2D eigenvalue weighted by molar-refractivity contribution is 0.337. The van der Waals surface area contributed by atoms with Gasteiger partial charge in [0, 0.05) is 24.8 Å². The van der Waals surface area contributed by atoms with Crippen molar-refractivity contribution < 1.29 is 0 Å². The number of hydrogen-bond donors (Lipinski definition) is 1. The fourth-order valence-electron chi connectivity index (χ4n) is 5.01. The van der Waals surface area contributed by atoms with E-state index in [0.717, 1.165) is 47.1 Å². The van der Waals surface area contributed by atoms with Crippen LogP contribution in [-0.2, 0) is 19.4 Å². The molecule has 2 aromatic heterocycles. The van der Waals surface area contributed by atoms with Crippen LogP contribution in [0.4, 0.5) is 0 Å². The van der Waals surface area contributed by atoms with Gasteiger partial charge in [-0.2, -0.15) is 5.10 Å². The Hall–Kier alpha value is -3.79. The minimum absolute atomic E-state index is 0.659. The molecule has 0 amide bonds. The van der Waals surface area contributed by atoms with Crippen LogP contribution in [0.1, 0.15) is 62.2 Å². The van der Waals surface area contributed by atoms with Crippen LogP contribution in [0.3, 0.4) is 0 Å². The van der Waals surface area contributed by atoms with Crippen molar-refractivity contribution in [2.75, 3.05) is 0 Å². The fraction of sp³-hybridized carbons (Fsp3) is 0.393. The van der Waals surface area contributed by atoms with Gasteiger partial charge in [-0.3, -0.25) is 0 Å². The van der Waals surface area contributed by atoms with Gasteiger partial charge in [0.25, 0.3) is 0 Å². The van der Waals surface area contributed by atoms with Gasteiger partial charge in [0.15, 0.2) is 11.6 Å². The highest BCUT2D eigenvalue weighted by Gasteiger charge is 2.16. The SMILES string of the molecule is C#CCCc1nc(CCC2CCCCC2)nn1Cc1ccc(-c2ccccc2-c2nnn[nH]2)cc1. The van der Waals surface area contributed by atoms with Gasteiger partial charge >= 0.3 is 0 Å². The molecule has 0 bridgehead atoms. The van der Waals surface area contributed by atoms with Gasteiger partial charge in [0.05, 0.1) is 6.54 Å². The van der Waals surface area contributed by atoms with Crippen molar-refractivity contribution in [1.82, 2.24) is 35.4 Å². The summed E-state index contributed by atoms with van der Waals surface area (Å²) in [7, 11) is 0. The van der Waals surface area contributed by atoms with E-state index >= 15 is 0 Å². The summed E-state index contributed by atoms with van der Waals surface area (Å²) in [6.07, 6.45) is 15.9. The Morgan fingerprint density at radius 2 is 1.77 bits per heavy atom. The predicted octanol–water partition coefficient (Wildman–Crippen LogP) is 5.25. The van der Waals surface area contributed by atoms with Crippen LogP contribution in [0, 0.1) is 18.3 Å². The quantitative estimate of drug-likeness (QED) is 0.341. The second-order valence-corrected chi connectivity index (χ2v) is 9.34. The molecule has 5 rings (SSSR count). The first-order valence-electron chi connectivity index (χ1n) is 12.6. The molecule has 35 heavy (non-hydrogen) atoms. The molecule has 4 aromatic rings. The van der Waals surface area contributed by atoms with Gasteiger partial charge < -0.3 is 0 Å². The largest absolute Gasteiger partial charge is 0.245 e. The number of nitrogens with one attached hydrogen (secondary N) is 1. The van der Waals surface area contributed by atoms with Gasteiger partial charge in [-0.05, 0) is 39.5 Å². The molecule has 0 unspecified atom stereocenters. The molecule has 1 fully saturated rings. The second-order valence-electron chi connectivity index (χ2n) is 9.34. The summed E-state index contributed by atoms with van der Waals surface area (Å²) < 4.78 is 2.04. The Balaban J connectivity index is 1.31. The number of aromatic amines is 1. The van der Waals surface area contributed by atoms with Gasteiger partial charge in [-0.15, -0.1) is 17.4 Å². The lowest BCUT2D eigenvalue weighted by Gasteiger charge is -2.20. The van der Waals surface area contributed by atoms with E-state index < -0.39 is 0 Å². The third-order valence-corrected chi connectivity index (χ3v) is 6.91. The molecule has 1 aliphatic carbocycles. The van der Waals surface area contributed by atoms with Crippen molar-refractivity contribution in [2.45, 2.75) is 64.3 Å². The first kappa shape index (κ1) is 23.0. The van der Waals surface area contributed by atoms with Crippen molar-refractivity contribution in [3.05, 3.63) is 65.7 Å². The second kappa shape index (κ2) is 11.1. The van der Waals surface area contributed by atoms with Crippen molar-refractivity contribution in [3.63, 3.8) is 0 Å². The molecule has 0 aliphatic heterocycles. The number of terminal acetylenes is 1. The maximum Gasteiger partial charge on any atom is 0.180 e. The number of hydrogen-bond acceptors (Lipinski definition) is 5.